The van der Waals surface area contributed by atoms with Gasteiger partial charge in [-0.3, -0.25) is 9.69 Å². The third kappa shape index (κ3) is 3.74. The first kappa shape index (κ1) is 18.1. The Labute approximate surface area is 165 Å². The van der Waals surface area contributed by atoms with Gasteiger partial charge >= 0.3 is 0 Å². The molecule has 0 atom stereocenters. The highest BCUT2D eigenvalue weighted by atomic mass is 32.2. The summed E-state index contributed by atoms with van der Waals surface area (Å²) in [7, 11) is 0. The number of hydrogen-bond donors (Lipinski definition) is 0. The van der Waals surface area contributed by atoms with Crippen LogP contribution in [-0.4, -0.2) is 31.1 Å². The molecule has 7 nitrogen and oxygen atoms in total. The van der Waals surface area contributed by atoms with Crippen molar-refractivity contribution in [2.75, 3.05) is 4.90 Å². The van der Waals surface area contributed by atoms with E-state index in [4.69, 9.17) is 4.98 Å². The zero-order valence-corrected chi connectivity index (χ0v) is 17.0. The van der Waals surface area contributed by atoms with Gasteiger partial charge in [0.15, 0.2) is 5.13 Å². The zero-order valence-electron chi connectivity index (χ0n) is 15.4. The van der Waals surface area contributed by atoms with E-state index in [1.807, 2.05) is 42.1 Å². The summed E-state index contributed by atoms with van der Waals surface area (Å²) >= 11 is 3.06. The Morgan fingerprint density at radius 2 is 2.07 bits per heavy atom. The highest BCUT2D eigenvalue weighted by Crippen LogP contribution is 2.38. The summed E-state index contributed by atoms with van der Waals surface area (Å²) in [6.07, 6.45) is 2.28. The summed E-state index contributed by atoms with van der Waals surface area (Å²) in [6.45, 7) is 5.60. The summed E-state index contributed by atoms with van der Waals surface area (Å²) in [5.74, 6) is 0.626. The Hall–Kier alpha value is -2.26. The summed E-state index contributed by atoms with van der Waals surface area (Å²) in [5, 5.41) is 15.5. The van der Waals surface area contributed by atoms with Crippen LogP contribution < -0.4 is 4.90 Å². The number of rotatable bonds is 6. The minimum atomic E-state index is -0.0429. The molecule has 1 amide bonds. The van der Waals surface area contributed by atoms with E-state index in [-0.39, 0.29) is 5.91 Å². The molecular weight excluding hydrogens is 380 g/mol. The van der Waals surface area contributed by atoms with E-state index in [1.54, 1.807) is 23.6 Å². The molecule has 0 saturated heterocycles. The highest BCUT2D eigenvalue weighted by molar-refractivity contribution is 7.98. The van der Waals surface area contributed by atoms with Gasteiger partial charge in [0.1, 0.15) is 0 Å². The molecule has 1 aromatic carbocycles. The van der Waals surface area contributed by atoms with Crippen LogP contribution in [0.1, 0.15) is 42.6 Å². The molecule has 27 heavy (non-hydrogen) atoms. The number of tetrazole rings is 1. The maximum absolute atomic E-state index is 12.4. The van der Waals surface area contributed by atoms with Gasteiger partial charge in [-0.15, -0.1) is 16.4 Å². The molecule has 1 saturated carbocycles. The van der Waals surface area contributed by atoms with Gasteiger partial charge in [-0.2, -0.15) is 0 Å². The average molecular weight is 401 g/mol. The molecule has 0 radical (unpaired) electrons. The summed E-state index contributed by atoms with van der Waals surface area (Å²) in [4.78, 5) is 18.8. The molecule has 3 aromatic rings. The fraction of sp³-hybridized carbons (Fsp3) is 0.389. The van der Waals surface area contributed by atoms with Gasteiger partial charge in [-0.1, -0.05) is 30.0 Å². The lowest BCUT2D eigenvalue weighted by atomic mass is 10.1. The normalized spacial score (nSPS) is 13.7. The Morgan fingerprint density at radius 3 is 2.74 bits per heavy atom. The smallest absolute Gasteiger partial charge is 0.230 e. The molecule has 9 heteroatoms. The number of nitrogens with zero attached hydrogens (tertiary/aromatic N) is 6. The predicted octanol–water partition coefficient (Wildman–Crippen LogP) is 4.06. The average Bonchev–Trinajstić information content (AvgIpc) is 3.18. The second-order valence-corrected chi connectivity index (χ2v) is 8.42. The zero-order chi connectivity index (χ0) is 19.0. The maximum atomic E-state index is 12.4. The molecule has 1 aliphatic carbocycles. The van der Waals surface area contributed by atoms with Crippen molar-refractivity contribution >= 4 is 39.8 Å². The van der Waals surface area contributed by atoms with Gasteiger partial charge in [0.2, 0.25) is 11.1 Å². The van der Waals surface area contributed by atoms with Crippen LogP contribution in [0.2, 0.25) is 0 Å². The van der Waals surface area contributed by atoms with Crippen molar-refractivity contribution in [1.29, 1.82) is 0 Å². The van der Waals surface area contributed by atoms with Crippen LogP contribution in [0.3, 0.4) is 0 Å². The van der Waals surface area contributed by atoms with Gasteiger partial charge in [0.25, 0.3) is 0 Å². The maximum Gasteiger partial charge on any atom is 0.230 e. The van der Waals surface area contributed by atoms with E-state index in [1.165, 1.54) is 11.3 Å². The van der Waals surface area contributed by atoms with E-state index in [0.29, 0.717) is 16.9 Å². The molecule has 0 unspecified atom stereocenters. The second-order valence-electron chi connectivity index (χ2n) is 6.64. The number of amides is 1. The molecule has 0 N–H and O–H groups in total. The topological polar surface area (TPSA) is 76.8 Å². The largest absolute Gasteiger partial charge is 0.274 e. The lowest BCUT2D eigenvalue weighted by Crippen LogP contribution is -2.24. The van der Waals surface area contributed by atoms with Gasteiger partial charge in [0, 0.05) is 18.1 Å². The fourth-order valence-corrected chi connectivity index (χ4v) is 4.79. The summed E-state index contributed by atoms with van der Waals surface area (Å²) in [5.41, 5.74) is 3.94. The monoisotopic (exact) mass is 400 g/mol. The quantitative estimate of drug-likeness (QED) is 0.581. The van der Waals surface area contributed by atoms with E-state index in [2.05, 4.69) is 15.5 Å². The SMILES string of the molecule is CC(=O)N(c1nc(CSc2nnnn2C2CC2)cs1)c1c(C)cccc1C. The molecule has 1 fully saturated rings. The molecule has 140 valence electrons. The molecule has 0 aliphatic heterocycles. The number of para-hydroxylation sites is 1. The summed E-state index contributed by atoms with van der Waals surface area (Å²) in [6, 6.07) is 6.48. The molecule has 4 rings (SSSR count). The van der Waals surface area contributed by atoms with Crippen LogP contribution in [0.5, 0.6) is 0 Å². The van der Waals surface area contributed by atoms with Crippen molar-refractivity contribution < 1.29 is 4.79 Å². The Kier molecular flexibility index (Phi) is 4.96. The van der Waals surface area contributed by atoms with E-state index < -0.39 is 0 Å². The van der Waals surface area contributed by atoms with Gasteiger partial charge in [0.05, 0.1) is 17.4 Å². The van der Waals surface area contributed by atoms with Gasteiger partial charge < -0.3 is 0 Å². The minimum Gasteiger partial charge on any atom is -0.274 e. The van der Waals surface area contributed by atoms with Crippen LogP contribution in [0.15, 0.2) is 28.7 Å². The van der Waals surface area contributed by atoms with Crippen LogP contribution >= 0.6 is 23.1 Å². The Balaban J connectivity index is 1.55. The molecule has 1 aliphatic rings. The fourth-order valence-electron chi connectivity index (χ4n) is 2.98. The third-order valence-corrected chi connectivity index (χ3v) is 6.26. The standard InChI is InChI=1S/C18H20N6OS2/c1-11-5-4-6-12(2)16(11)23(13(3)25)17-19-14(9-26-17)10-27-18-20-21-22-24(18)15-7-8-15/h4-6,9,15H,7-8,10H2,1-3H3. The van der Waals surface area contributed by atoms with E-state index in [9.17, 15) is 4.79 Å². The lowest BCUT2D eigenvalue weighted by molar-refractivity contribution is -0.115. The van der Waals surface area contributed by atoms with Crippen LogP contribution in [0.25, 0.3) is 0 Å². The minimum absolute atomic E-state index is 0.0429. The molecule has 2 aromatic heterocycles. The number of anilines is 2. The van der Waals surface area contributed by atoms with E-state index >= 15 is 0 Å². The van der Waals surface area contributed by atoms with Crippen LogP contribution in [0.4, 0.5) is 10.8 Å². The van der Waals surface area contributed by atoms with Gasteiger partial charge in [-0.05, 0) is 48.2 Å². The van der Waals surface area contributed by atoms with Crippen molar-refractivity contribution in [3.63, 3.8) is 0 Å². The lowest BCUT2D eigenvalue weighted by Gasteiger charge is -2.22. The third-order valence-electron chi connectivity index (χ3n) is 4.41. The molecule has 2 heterocycles. The van der Waals surface area contributed by atoms with Crippen LogP contribution in [-0.2, 0) is 10.5 Å². The number of aryl methyl sites for hydroxylation is 2. The number of carbonyl (C=O) groups is 1. The number of thioether (sulfide) groups is 1. The number of aromatic nitrogens is 5. The number of benzene rings is 1. The first-order valence-corrected chi connectivity index (χ1v) is 10.6. The second kappa shape index (κ2) is 7.40. The summed E-state index contributed by atoms with van der Waals surface area (Å²) < 4.78 is 1.90. The first-order chi connectivity index (χ1) is 13.0. The highest BCUT2D eigenvalue weighted by Gasteiger charge is 2.28. The molecular formula is C18H20N6OS2. The predicted molar refractivity (Wildman–Crippen MR) is 106 cm³/mol. The van der Waals surface area contributed by atoms with Crippen LogP contribution in [0, 0.1) is 13.8 Å². The van der Waals surface area contributed by atoms with Crippen molar-refractivity contribution in [3.05, 3.63) is 40.4 Å². The van der Waals surface area contributed by atoms with Gasteiger partial charge in [-0.25, -0.2) is 9.67 Å². The Bertz CT molecular complexity index is 958. The van der Waals surface area contributed by atoms with Crippen molar-refractivity contribution in [2.45, 2.75) is 50.6 Å². The molecule has 0 spiro atoms. The van der Waals surface area contributed by atoms with Crippen molar-refractivity contribution in [2.24, 2.45) is 0 Å². The van der Waals surface area contributed by atoms with E-state index in [0.717, 1.165) is 40.5 Å². The van der Waals surface area contributed by atoms with Crippen molar-refractivity contribution in [3.8, 4) is 0 Å². The number of hydrogen-bond acceptors (Lipinski definition) is 7. The number of carbonyl (C=O) groups excluding carboxylic acids is 1. The number of thiazole rings is 1. The molecule has 0 bridgehead atoms. The Morgan fingerprint density at radius 1 is 1.33 bits per heavy atom. The first-order valence-electron chi connectivity index (χ1n) is 8.76. The van der Waals surface area contributed by atoms with Crippen molar-refractivity contribution in [1.82, 2.24) is 25.2 Å².